The molecule has 250 valence electrons. The van der Waals surface area contributed by atoms with Gasteiger partial charge in [-0.15, -0.1) is 0 Å². The Morgan fingerprint density at radius 2 is 1.38 bits per heavy atom. The van der Waals surface area contributed by atoms with Gasteiger partial charge >= 0.3 is 5.97 Å². The molecule has 0 aromatic heterocycles. The highest BCUT2D eigenvalue weighted by Crippen LogP contribution is 2.28. The summed E-state index contributed by atoms with van der Waals surface area (Å²) in [6.45, 7) is 9.95. The SMILES string of the molecule is CCCCCCCCCCCCCCCCOCC(COC(=O)c1ccccc1CN1CC=Cc2ccccc21)OCC(C)C. The van der Waals surface area contributed by atoms with E-state index in [1.807, 2.05) is 24.3 Å². The minimum atomic E-state index is -0.309. The number of hydrogen-bond donors (Lipinski definition) is 0. The predicted octanol–water partition coefficient (Wildman–Crippen LogP) is 10.4. The van der Waals surface area contributed by atoms with Crippen molar-refractivity contribution in [3.8, 4) is 0 Å². The van der Waals surface area contributed by atoms with Gasteiger partial charge in [0.05, 0.1) is 12.2 Å². The normalized spacial score (nSPS) is 13.3. The van der Waals surface area contributed by atoms with E-state index in [2.05, 4.69) is 62.1 Å². The first-order chi connectivity index (χ1) is 22.1. The van der Waals surface area contributed by atoms with E-state index < -0.39 is 0 Å². The second-order valence-corrected chi connectivity index (χ2v) is 13.1. The fraction of sp³-hybridized carbons (Fsp3) is 0.625. The quantitative estimate of drug-likeness (QED) is 0.0817. The lowest BCUT2D eigenvalue weighted by molar-refractivity contribution is -0.0570. The molecule has 2 aromatic carbocycles. The second kappa shape index (κ2) is 22.8. The first kappa shape index (κ1) is 36.8. The number of hydrogen-bond acceptors (Lipinski definition) is 5. The molecule has 3 rings (SSSR count). The van der Waals surface area contributed by atoms with E-state index in [0.29, 0.717) is 31.2 Å². The Balaban J connectivity index is 1.33. The topological polar surface area (TPSA) is 48.0 Å². The smallest absolute Gasteiger partial charge is 0.338 e. The van der Waals surface area contributed by atoms with Crippen LogP contribution in [0.4, 0.5) is 5.69 Å². The number of nitrogens with zero attached hydrogens (tertiary/aromatic N) is 1. The first-order valence-corrected chi connectivity index (χ1v) is 18.0. The van der Waals surface area contributed by atoms with Crippen molar-refractivity contribution in [2.24, 2.45) is 5.92 Å². The molecule has 0 N–H and O–H groups in total. The van der Waals surface area contributed by atoms with Gasteiger partial charge in [0, 0.05) is 32.0 Å². The van der Waals surface area contributed by atoms with Crippen LogP contribution in [0.15, 0.2) is 54.6 Å². The van der Waals surface area contributed by atoms with Crippen LogP contribution in [0.2, 0.25) is 0 Å². The molecule has 5 nitrogen and oxygen atoms in total. The molecule has 0 fully saturated rings. The van der Waals surface area contributed by atoms with Crippen LogP contribution < -0.4 is 4.90 Å². The number of rotatable bonds is 25. The molecule has 2 aromatic rings. The standard InChI is InChI=1S/C40H61NO4/c1-4-5-6-7-8-9-10-11-12-13-14-15-16-21-29-43-32-37(44-31-34(2)3)33-45-40(42)38-26-19-17-24-36(38)30-41-28-22-25-35-23-18-20-27-39(35)41/h17-20,22-27,34,37H,4-16,21,28-33H2,1-3H3. The molecule has 0 saturated heterocycles. The van der Waals surface area contributed by atoms with Gasteiger partial charge in [-0.1, -0.05) is 153 Å². The van der Waals surface area contributed by atoms with Crippen LogP contribution in [0.5, 0.6) is 0 Å². The molecule has 1 heterocycles. The molecule has 0 saturated carbocycles. The minimum absolute atomic E-state index is 0.188. The molecular formula is C40H61NO4. The Labute approximate surface area is 274 Å². The number of esters is 1. The summed E-state index contributed by atoms with van der Waals surface area (Å²) < 4.78 is 17.9. The second-order valence-electron chi connectivity index (χ2n) is 13.1. The van der Waals surface area contributed by atoms with E-state index in [9.17, 15) is 4.79 Å². The van der Waals surface area contributed by atoms with Gasteiger partial charge in [0.15, 0.2) is 0 Å². The van der Waals surface area contributed by atoms with Crippen molar-refractivity contribution in [3.05, 3.63) is 71.3 Å². The Hall–Kier alpha value is -2.63. The van der Waals surface area contributed by atoms with Crippen LogP contribution in [-0.2, 0) is 20.8 Å². The van der Waals surface area contributed by atoms with Crippen LogP contribution in [0.1, 0.15) is 132 Å². The van der Waals surface area contributed by atoms with Crippen LogP contribution in [-0.4, -0.2) is 45.0 Å². The molecule has 1 aliphatic heterocycles. The molecule has 1 unspecified atom stereocenters. The summed E-state index contributed by atoms with van der Waals surface area (Å²) in [4.78, 5) is 15.6. The molecule has 0 spiro atoms. The Morgan fingerprint density at radius 1 is 0.756 bits per heavy atom. The summed E-state index contributed by atoms with van der Waals surface area (Å²) in [5.41, 5.74) is 3.95. The first-order valence-electron chi connectivity index (χ1n) is 18.0. The van der Waals surface area contributed by atoms with Crippen LogP contribution in [0.3, 0.4) is 0 Å². The van der Waals surface area contributed by atoms with Gasteiger partial charge in [0.25, 0.3) is 0 Å². The number of fused-ring (bicyclic) bond motifs is 1. The van der Waals surface area contributed by atoms with Crippen molar-refractivity contribution in [2.75, 3.05) is 37.9 Å². The number of para-hydroxylation sites is 1. The highest BCUT2D eigenvalue weighted by Gasteiger charge is 2.20. The van der Waals surface area contributed by atoms with E-state index in [4.69, 9.17) is 14.2 Å². The maximum Gasteiger partial charge on any atom is 0.338 e. The summed E-state index contributed by atoms with van der Waals surface area (Å²) >= 11 is 0. The number of benzene rings is 2. The van der Waals surface area contributed by atoms with E-state index in [1.165, 1.54) is 94.7 Å². The average Bonchev–Trinajstić information content (AvgIpc) is 3.05. The largest absolute Gasteiger partial charge is 0.459 e. The van der Waals surface area contributed by atoms with Crippen LogP contribution in [0.25, 0.3) is 6.08 Å². The number of ether oxygens (including phenoxy) is 3. The monoisotopic (exact) mass is 619 g/mol. The third-order valence-electron chi connectivity index (χ3n) is 8.51. The van der Waals surface area contributed by atoms with Crippen LogP contribution >= 0.6 is 0 Å². The molecule has 5 heteroatoms. The molecule has 1 aliphatic rings. The zero-order chi connectivity index (χ0) is 32.0. The van der Waals surface area contributed by atoms with Crippen molar-refractivity contribution >= 4 is 17.7 Å². The molecule has 0 bridgehead atoms. The lowest BCUT2D eigenvalue weighted by atomic mass is 10.0. The van der Waals surface area contributed by atoms with Gasteiger partial charge in [-0.2, -0.15) is 0 Å². The maximum atomic E-state index is 13.3. The third-order valence-corrected chi connectivity index (χ3v) is 8.51. The lowest BCUT2D eigenvalue weighted by Crippen LogP contribution is -2.30. The van der Waals surface area contributed by atoms with Crippen molar-refractivity contribution in [1.29, 1.82) is 0 Å². The fourth-order valence-electron chi connectivity index (χ4n) is 5.87. The van der Waals surface area contributed by atoms with Crippen molar-refractivity contribution in [3.63, 3.8) is 0 Å². The zero-order valence-electron chi connectivity index (χ0n) is 28.7. The average molecular weight is 620 g/mol. The molecule has 0 amide bonds. The Bertz CT molecular complexity index is 1100. The molecule has 0 aliphatic carbocycles. The predicted molar refractivity (Wildman–Crippen MR) is 189 cm³/mol. The van der Waals surface area contributed by atoms with Crippen molar-refractivity contribution in [2.45, 2.75) is 123 Å². The number of carbonyl (C=O) groups is 1. The highest BCUT2D eigenvalue weighted by atomic mass is 16.6. The van der Waals surface area contributed by atoms with Gasteiger partial charge in [-0.3, -0.25) is 0 Å². The van der Waals surface area contributed by atoms with Gasteiger partial charge in [-0.05, 0) is 35.6 Å². The molecule has 45 heavy (non-hydrogen) atoms. The summed E-state index contributed by atoms with van der Waals surface area (Å²) in [6, 6.07) is 16.1. The number of unbranched alkanes of at least 4 members (excludes halogenated alkanes) is 13. The van der Waals surface area contributed by atoms with Gasteiger partial charge < -0.3 is 19.1 Å². The van der Waals surface area contributed by atoms with Gasteiger partial charge in [-0.25, -0.2) is 4.79 Å². The highest BCUT2D eigenvalue weighted by molar-refractivity contribution is 5.91. The Morgan fingerprint density at radius 3 is 2.07 bits per heavy atom. The van der Waals surface area contributed by atoms with E-state index in [0.717, 1.165) is 25.1 Å². The van der Waals surface area contributed by atoms with Gasteiger partial charge in [0.2, 0.25) is 0 Å². The van der Waals surface area contributed by atoms with E-state index >= 15 is 0 Å². The molecule has 1 atom stereocenters. The summed E-state index contributed by atoms with van der Waals surface area (Å²) in [5.74, 6) is 0.0905. The summed E-state index contributed by atoms with van der Waals surface area (Å²) in [6.07, 6.45) is 22.9. The van der Waals surface area contributed by atoms with Crippen molar-refractivity contribution in [1.82, 2.24) is 0 Å². The third kappa shape index (κ3) is 15.0. The van der Waals surface area contributed by atoms with Crippen molar-refractivity contribution < 1.29 is 19.0 Å². The minimum Gasteiger partial charge on any atom is -0.459 e. The van der Waals surface area contributed by atoms with E-state index in [1.54, 1.807) is 0 Å². The summed E-state index contributed by atoms with van der Waals surface area (Å²) in [7, 11) is 0. The van der Waals surface area contributed by atoms with Gasteiger partial charge in [0.1, 0.15) is 12.7 Å². The molecule has 0 radical (unpaired) electrons. The fourth-order valence-corrected chi connectivity index (χ4v) is 5.87. The molecular weight excluding hydrogens is 558 g/mol. The van der Waals surface area contributed by atoms with Crippen LogP contribution in [0, 0.1) is 5.92 Å². The lowest BCUT2D eigenvalue weighted by Gasteiger charge is -2.28. The van der Waals surface area contributed by atoms with E-state index in [-0.39, 0.29) is 18.7 Å². The number of carbonyl (C=O) groups excluding carboxylic acids is 1. The summed E-state index contributed by atoms with van der Waals surface area (Å²) in [5, 5.41) is 0. The zero-order valence-corrected chi connectivity index (χ0v) is 28.7. The number of anilines is 1. The maximum absolute atomic E-state index is 13.3. The Kier molecular flexibility index (Phi) is 18.7.